The second kappa shape index (κ2) is 7.78. The molecule has 0 aliphatic heterocycles. The molecule has 2 aromatic carbocycles. The molecule has 0 saturated carbocycles. The number of alkyl halides is 3. The minimum absolute atomic E-state index is 0.0669. The molecule has 2 amide bonds. The monoisotopic (exact) mass is 404 g/mol. The third-order valence-electron chi connectivity index (χ3n) is 3.90. The molecule has 1 aromatic heterocycles. The van der Waals surface area contributed by atoms with Gasteiger partial charge in [0.05, 0.1) is 18.4 Å². The van der Waals surface area contributed by atoms with Gasteiger partial charge < -0.3 is 9.15 Å². The molecule has 0 saturated heterocycles. The number of methoxy groups -OCH3 is 1. The number of halogens is 3. The Labute approximate surface area is 162 Å². The van der Waals surface area contributed by atoms with Crippen molar-refractivity contribution in [3.63, 3.8) is 0 Å². The predicted octanol–water partition coefficient (Wildman–Crippen LogP) is 3.97. The molecule has 29 heavy (non-hydrogen) atoms. The normalized spacial score (nSPS) is 12.1. The molecule has 0 fully saturated rings. The number of nitrogens with one attached hydrogen (secondary N) is 1. The van der Waals surface area contributed by atoms with Crippen LogP contribution < -0.4 is 15.6 Å². The Morgan fingerprint density at radius 2 is 1.86 bits per heavy atom. The molecule has 0 aliphatic rings. The van der Waals surface area contributed by atoms with Crippen molar-refractivity contribution in [1.82, 2.24) is 5.32 Å². The van der Waals surface area contributed by atoms with E-state index in [2.05, 4.69) is 10.3 Å². The van der Waals surface area contributed by atoms with Crippen LogP contribution in [0.2, 0.25) is 0 Å². The number of fused-ring (bicyclic) bond motifs is 1. The number of amides is 2. The van der Waals surface area contributed by atoms with Crippen molar-refractivity contribution >= 4 is 28.5 Å². The number of benzene rings is 2. The van der Waals surface area contributed by atoms with E-state index in [-0.39, 0.29) is 16.8 Å². The zero-order valence-corrected chi connectivity index (χ0v) is 15.3. The molecule has 1 N–H and O–H groups in total. The molecule has 6 nitrogen and oxygen atoms in total. The van der Waals surface area contributed by atoms with Gasteiger partial charge in [0.2, 0.25) is 11.5 Å². The molecule has 3 aromatic rings. The minimum Gasteiger partial charge on any atom is -0.497 e. The van der Waals surface area contributed by atoms with Crippen LogP contribution in [0.1, 0.15) is 22.8 Å². The molecule has 3 rings (SSSR count). The molecule has 0 aliphatic carbocycles. The summed E-state index contributed by atoms with van der Waals surface area (Å²) in [5.74, 6) is -0.910. The van der Waals surface area contributed by atoms with E-state index in [1.165, 1.54) is 25.3 Å². The summed E-state index contributed by atoms with van der Waals surface area (Å²) >= 11 is 0. The van der Waals surface area contributed by atoms with Crippen molar-refractivity contribution in [3.8, 4) is 5.75 Å². The van der Waals surface area contributed by atoms with E-state index in [0.717, 1.165) is 19.1 Å². The maximum absolute atomic E-state index is 13.0. The highest BCUT2D eigenvalue weighted by Crippen LogP contribution is 2.31. The summed E-state index contributed by atoms with van der Waals surface area (Å²) in [5.41, 5.74) is -1.01. The van der Waals surface area contributed by atoms with Gasteiger partial charge in [0.1, 0.15) is 16.9 Å². The summed E-state index contributed by atoms with van der Waals surface area (Å²) in [6.45, 7) is 1.16. The molecule has 0 unspecified atom stereocenters. The van der Waals surface area contributed by atoms with Gasteiger partial charge in [0.15, 0.2) is 0 Å². The Kier molecular flexibility index (Phi) is 5.40. The third kappa shape index (κ3) is 4.63. The van der Waals surface area contributed by atoms with E-state index in [0.29, 0.717) is 16.7 Å². The van der Waals surface area contributed by atoms with Gasteiger partial charge >= 0.3 is 6.18 Å². The largest absolute Gasteiger partial charge is 0.497 e. The van der Waals surface area contributed by atoms with Crippen LogP contribution in [0.5, 0.6) is 5.75 Å². The van der Waals surface area contributed by atoms with Gasteiger partial charge in [-0.05, 0) is 36.4 Å². The van der Waals surface area contributed by atoms with Crippen molar-refractivity contribution in [3.05, 3.63) is 65.2 Å². The van der Waals surface area contributed by atoms with Crippen molar-refractivity contribution in [2.45, 2.75) is 13.1 Å². The van der Waals surface area contributed by atoms with Crippen molar-refractivity contribution < 1.29 is 31.9 Å². The van der Waals surface area contributed by atoms with Crippen LogP contribution in [0.3, 0.4) is 0 Å². The van der Waals surface area contributed by atoms with Crippen LogP contribution in [-0.4, -0.2) is 18.9 Å². The Bertz CT molecular complexity index is 1170. The molecule has 150 valence electrons. The summed E-state index contributed by atoms with van der Waals surface area (Å²) in [6, 6.07) is 10.5. The summed E-state index contributed by atoms with van der Waals surface area (Å²) in [4.78, 5) is 27.7. The quantitative estimate of drug-likeness (QED) is 0.716. The summed E-state index contributed by atoms with van der Waals surface area (Å²) in [7, 11) is 1.46. The smallest absolute Gasteiger partial charge is 0.416 e. The van der Waals surface area contributed by atoms with Gasteiger partial charge in [-0.25, -0.2) is 4.99 Å². The van der Waals surface area contributed by atoms with Crippen LogP contribution in [0.15, 0.2) is 57.9 Å². The average molecular weight is 404 g/mol. The first-order chi connectivity index (χ1) is 13.7. The van der Waals surface area contributed by atoms with E-state index in [1.54, 1.807) is 18.2 Å². The molecule has 0 bridgehead atoms. The topological polar surface area (TPSA) is 80.9 Å². The van der Waals surface area contributed by atoms with Gasteiger partial charge in [-0.15, -0.1) is 0 Å². The lowest BCUT2D eigenvalue weighted by Gasteiger charge is -2.08. The highest BCUT2D eigenvalue weighted by atomic mass is 19.4. The first kappa shape index (κ1) is 20.1. The Balaban J connectivity index is 2.24. The number of rotatable bonds is 3. The van der Waals surface area contributed by atoms with Crippen LogP contribution in [0.4, 0.5) is 18.9 Å². The number of nitrogens with zero attached hydrogens (tertiary/aromatic N) is 1. The van der Waals surface area contributed by atoms with Crippen molar-refractivity contribution in [2.75, 3.05) is 7.11 Å². The Hall–Kier alpha value is -3.62. The van der Waals surface area contributed by atoms with E-state index in [1.807, 2.05) is 0 Å². The standard InChI is InChI=1S/C20H15F3N2O4/c1-11(26)24-18(27)16-8-12-6-7-15(28-2)10-17(12)29-19(16)25-14-5-3-4-13(9-14)20(21,22)23/h3-10H,1-2H3,(H,24,26,27). The summed E-state index contributed by atoms with van der Waals surface area (Å²) in [5, 5.41) is 2.62. The number of imide groups is 1. The molecular formula is C20H15F3N2O4. The fourth-order valence-electron chi connectivity index (χ4n) is 2.57. The highest BCUT2D eigenvalue weighted by Gasteiger charge is 2.30. The molecule has 0 spiro atoms. The summed E-state index contributed by atoms with van der Waals surface area (Å²) < 4.78 is 49.7. The molecule has 9 heteroatoms. The fraction of sp³-hybridized carbons (Fsp3) is 0.150. The first-order valence-electron chi connectivity index (χ1n) is 8.33. The minimum atomic E-state index is -4.55. The maximum atomic E-state index is 13.0. The molecule has 0 radical (unpaired) electrons. The van der Waals surface area contributed by atoms with Gasteiger partial charge in [-0.2, -0.15) is 13.2 Å². The number of hydrogen-bond donors (Lipinski definition) is 1. The first-order valence-corrected chi connectivity index (χ1v) is 8.33. The van der Waals surface area contributed by atoms with Gasteiger partial charge in [-0.1, -0.05) is 6.07 Å². The van der Waals surface area contributed by atoms with Gasteiger partial charge in [0, 0.05) is 18.4 Å². The Morgan fingerprint density at radius 1 is 1.10 bits per heavy atom. The average Bonchev–Trinajstić information content (AvgIpc) is 2.66. The fourth-order valence-corrected chi connectivity index (χ4v) is 2.57. The lowest BCUT2D eigenvalue weighted by molar-refractivity contribution is -0.137. The SMILES string of the molecule is COc1ccc2cc(C(=O)NC(C)=O)c(=Nc3cccc(C(F)(F)F)c3)oc2c1. The summed E-state index contributed by atoms with van der Waals surface area (Å²) in [6.07, 6.45) is -4.55. The third-order valence-corrected chi connectivity index (χ3v) is 3.90. The zero-order chi connectivity index (χ0) is 21.2. The van der Waals surface area contributed by atoms with Crippen molar-refractivity contribution in [1.29, 1.82) is 0 Å². The number of carbonyl (C=O) groups excluding carboxylic acids is 2. The van der Waals surface area contributed by atoms with Crippen LogP contribution in [0.25, 0.3) is 11.0 Å². The highest BCUT2D eigenvalue weighted by molar-refractivity contribution is 6.05. The lowest BCUT2D eigenvalue weighted by Crippen LogP contribution is -2.32. The number of hydrogen-bond acceptors (Lipinski definition) is 5. The van der Waals surface area contributed by atoms with Crippen molar-refractivity contribution in [2.24, 2.45) is 4.99 Å². The molecular weight excluding hydrogens is 389 g/mol. The van der Waals surface area contributed by atoms with E-state index >= 15 is 0 Å². The van der Waals surface area contributed by atoms with E-state index in [9.17, 15) is 22.8 Å². The van der Waals surface area contributed by atoms with E-state index in [4.69, 9.17) is 9.15 Å². The van der Waals surface area contributed by atoms with Crippen LogP contribution >= 0.6 is 0 Å². The number of carbonyl (C=O) groups is 2. The predicted molar refractivity (Wildman–Crippen MR) is 97.6 cm³/mol. The van der Waals surface area contributed by atoms with Crippen LogP contribution in [-0.2, 0) is 11.0 Å². The maximum Gasteiger partial charge on any atom is 0.416 e. The van der Waals surface area contributed by atoms with E-state index < -0.39 is 23.6 Å². The zero-order valence-electron chi connectivity index (χ0n) is 15.3. The second-order valence-electron chi connectivity index (χ2n) is 6.04. The second-order valence-corrected chi connectivity index (χ2v) is 6.04. The molecule has 0 atom stereocenters. The van der Waals surface area contributed by atoms with Crippen LogP contribution in [0, 0.1) is 0 Å². The van der Waals surface area contributed by atoms with Gasteiger partial charge in [-0.3, -0.25) is 14.9 Å². The lowest BCUT2D eigenvalue weighted by atomic mass is 10.1. The Morgan fingerprint density at radius 3 is 2.52 bits per heavy atom. The van der Waals surface area contributed by atoms with Gasteiger partial charge in [0.25, 0.3) is 5.91 Å². The molecule has 1 heterocycles. The number of ether oxygens (including phenoxy) is 1.